The number of nitrogens with one attached hydrogen (secondary N) is 1. The van der Waals surface area contributed by atoms with Crippen LogP contribution in [0.25, 0.3) is 10.2 Å². The van der Waals surface area contributed by atoms with Gasteiger partial charge in [0.15, 0.2) is 0 Å². The molecule has 0 saturated heterocycles. The Morgan fingerprint density at radius 2 is 2.18 bits per heavy atom. The van der Waals surface area contributed by atoms with Crippen molar-refractivity contribution in [3.63, 3.8) is 0 Å². The second kappa shape index (κ2) is 4.47. The van der Waals surface area contributed by atoms with Crippen LogP contribution < -0.4 is 14.8 Å². The molecule has 1 aromatic heterocycles. The first-order chi connectivity index (χ1) is 8.01. The predicted octanol–water partition coefficient (Wildman–Crippen LogP) is 0.332. The molecule has 3 N–H and O–H groups in total. The van der Waals surface area contributed by atoms with Crippen LogP contribution in [0.15, 0.2) is 29.4 Å². The number of nitrogens with zero attached hydrogens (tertiary/aromatic N) is 2. The second-order valence-electron chi connectivity index (χ2n) is 3.34. The molecule has 0 aliphatic carbocycles. The monoisotopic (exact) mass is 272 g/mol. The number of aromatic nitrogens is 1. The van der Waals surface area contributed by atoms with Gasteiger partial charge in [-0.1, -0.05) is 23.5 Å². The van der Waals surface area contributed by atoms with Crippen LogP contribution in [0.5, 0.6) is 0 Å². The van der Waals surface area contributed by atoms with Crippen molar-refractivity contribution in [2.75, 3.05) is 0 Å². The molecule has 0 aliphatic rings. The summed E-state index contributed by atoms with van der Waals surface area (Å²) in [5.41, 5.74) is 1.02. The molecule has 0 saturated carbocycles. The molecule has 0 bridgehead atoms. The fraction of sp³-hybridized carbons (Fsp3) is 0.222. The fourth-order valence-corrected chi connectivity index (χ4v) is 2.84. The average molecular weight is 272 g/mol. The van der Waals surface area contributed by atoms with Gasteiger partial charge >= 0.3 is 10.2 Å². The molecule has 8 heteroatoms. The number of benzene rings is 1. The lowest BCUT2D eigenvalue weighted by Crippen LogP contribution is -2.29. The zero-order valence-electron chi connectivity index (χ0n) is 9.12. The fourth-order valence-electron chi connectivity index (χ4n) is 1.51. The van der Waals surface area contributed by atoms with Crippen LogP contribution in [0.3, 0.4) is 0 Å². The van der Waals surface area contributed by atoms with Gasteiger partial charge in [0, 0.05) is 6.54 Å². The first-order valence-electron chi connectivity index (χ1n) is 4.93. The number of para-hydroxylation sites is 1. The minimum absolute atomic E-state index is 0.572. The number of thiazole rings is 1. The lowest BCUT2D eigenvalue weighted by Gasteiger charge is -1.99. The highest BCUT2D eigenvalue weighted by atomic mass is 32.2. The van der Waals surface area contributed by atoms with E-state index in [2.05, 4.69) is 5.10 Å². The Kier molecular flexibility index (Phi) is 3.18. The van der Waals surface area contributed by atoms with Gasteiger partial charge < -0.3 is 4.57 Å². The van der Waals surface area contributed by atoms with Crippen LogP contribution in [0, 0.1) is 0 Å². The van der Waals surface area contributed by atoms with E-state index in [9.17, 15) is 8.42 Å². The number of aryl methyl sites for hydroxylation is 1. The quantitative estimate of drug-likeness (QED) is 0.789. The van der Waals surface area contributed by atoms with Crippen molar-refractivity contribution in [3.05, 3.63) is 29.1 Å². The topological polar surface area (TPSA) is 89.5 Å². The SMILES string of the molecule is CCn1c(=NNS(N)(=O)=O)sc2ccccc21. The highest BCUT2D eigenvalue weighted by molar-refractivity contribution is 7.87. The first kappa shape index (κ1) is 12.1. The maximum absolute atomic E-state index is 10.8. The molecule has 0 unspecified atom stereocenters. The summed E-state index contributed by atoms with van der Waals surface area (Å²) in [4.78, 5) is 2.51. The van der Waals surface area contributed by atoms with E-state index in [4.69, 9.17) is 5.14 Å². The van der Waals surface area contributed by atoms with Crippen LogP contribution in [0.2, 0.25) is 0 Å². The number of hydrogen-bond acceptors (Lipinski definition) is 4. The predicted molar refractivity (Wildman–Crippen MR) is 67.3 cm³/mol. The van der Waals surface area contributed by atoms with E-state index in [1.165, 1.54) is 11.3 Å². The van der Waals surface area contributed by atoms with E-state index in [0.717, 1.165) is 10.2 Å². The van der Waals surface area contributed by atoms with E-state index < -0.39 is 10.2 Å². The summed E-state index contributed by atoms with van der Waals surface area (Å²) in [6, 6.07) is 7.78. The summed E-state index contributed by atoms with van der Waals surface area (Å²) in [5, 5.41) is 8.64. The number of rotatable bonds is 3. The standard InChI is InChI=1S/C9H12N4O2S2/c1-2-13-7-5-3-4-6-8(7)16-9(13)11-12-17(10,14)15/h3-6,12H,2H2,1H3,(H2,10,14,15). The third-order valence-electron chi connectivity index (χ3n) is 2.17. The molecule has 0 spiro atoms. The minimum atomic E-state index is -3.81. The van der Waals surface area contributed by atoms with Gasteiger partial charge in [-0.15, -0.1) is 5.10 Å². The summed E-state index contributed by atoms with van der Waals surface area (Å²) in [5.74, 6) is 0. The van der Waals surface area contributed by atoms with E-state index in [-0.39, 0.29) is 0 Å². The van der Waals surface area contributed by atoms with Gasteiger partial charge in [-0.25, -0.2) is 5.14 Å². The van der Waals surface area contributed by atoms with Crippen molar-refractivity contribution >= 4 is 31.8 Å². The zero-order valence-corrected chi connectivity index (χ0v) is 10.8. The first-order valence-corrected chi connectivity index (χ1v) is 7.29. The number of nitrogens with two attached hydrogens (primary N) is 1. The average Bonchev–Trinajstić information content (AvgIpc) is 2.63. The van der Waals surface area contributed by atoms with Crippen LogP contribution in [0.1, 0.15) is 6.92 Å². The summed E-state index contributed by atoms with van der Waals surface area (Å²) in [7, 11) is -3.81. The highest BCUT2D eigenvalue weighted by Gasteiger charge is 2.04. The van der Waals surface area contributed by atoms with Crippen molar-refractivity contribution in [3.8, 4) is 0 Å². The largest absolute Gasteiger partial charge is 0.315 e. The molecule has 6 nitrogen and oxygen atoms in total. The van der Waals surface area contributed by atoms with Crippen molar-refractivity contribution in [1.82, 2.24) is 9.40 Å². The molecular weight excluding hydrogens is 260 g/mol. The number of fused-ring (bicyclic) bond motifs is 1. The smallest absolute Gasteiger partial charge is 0.311 e. The van der Waals surface area contributed by atoms with Gasteiger partial charge in [0.05, 0.1) is 10.2 Å². The van der Waals surface area contributed by atoms with Crippen molar-refractivity contribution in [1.29, 1.82) is 0 Å². The van der Waals surface area contributed by atoms with Crippen LogP contribution in [-0.4, -0.2) is 13.0 Å². The van der Waals surface area contributed by atoms with E-state index in [0.29, 0.717) is 11.3 Å². The van der Waals surface area contributed by atoms with Crippen molar-refractivity contribution < 1.29 is 8.42 Å². The molecule has 2 aromatic rings. The summed E-state index contributed by atoms with van der Waals surface area (Å²) in [6.45, 7) is 2.67. The van der Waals surface area contributed by atoms with E-state index in [1.54, 1.807) is 0 Å². The Morgan fingerprint density at radius 1 is 1.47 bits per heavy atom. The molecule has 0 aliphatic heterocycles. The van der Waals surface area contributed by atoms with Gasteiger partial charge in [-0.2, -0.15) is 13.2 Å². The Labute approximate surface area is 103 Å². The van der Waals surface area contributed by atoms with Gasteiger partial charge in [-0.3, -0.25) is 0 Å². The second-order valence-corrected chi connectivity index (χ2v) is 5.63. The maximum Gasteiger partial charge on any atom is 0.311 e. The van der Waals surface area contributed by atoms with Crippen molar-refractivity contribution in [2.24, 2.45) is 10.2 Å². The van der Waals surface area contributed by atoms with Gasteiger partial charge in [0.1, 0.15) is 0 Å². The van der Waals surface area contributed by atoms with E-state index in [1.807, 2.05) is 40.6 Å². The van der Waals surface area contributed by atoms with Crippen molar-refractivity contribution in [2.45, 2.75) is 13.5 Å². The summed E-state index contributed by atoms with van der Waals surface area (Å²) in [6.07, 6.45) is 0. The minimum Gasteiger partial charge on any atom is -0.315 e. The van der Waals surface area contributed by atoms with Gasteiger partial charge in [-0.05, 0) is 19.1 Å². The van der Waals surface area contributed by atoms with Crippen LogP contribution in [-0.2, 0) is 16.8 Å². The Morgan fingerprint density at radius 3 is 2.82 bits per heavy atom. The molecule has 17 heavy (non-hydrogen) atoms. The van der Waals surface area contributed by atoms with Crippen LogP contribution >= 0.6 is 11.3 Å². The molecule has 0 radical (unpaired) electrons. The third kappa shape index (κ3) is 2.65. The molecule has 0 amide bonds. The molecule has 0 fully saturated rings. The third-order valence-corrected chi connectivity index (χ3v) is 3.58. The molecular formula is C9H12N4O2S2. The van der Waals surface area contributed by atoms with Gasteiger partial charge in [0.25, 0.3) is 0 Å². The molecule has 92 valence electrons. The van der Waals surface area contributed by atoms with Crippen LogP contribution in [0.4, 0.5) is 0 Å². The molecule has 1 heterocycles. The molecule has 2 rings (SSSR count). The normalized spacial score (nSPS) is 13.2. The lowest BCUT2D eigenvalue weighted by molar-refractivity contribution is 0.583. The summed E-state index contributed by atoms with van der Waals surface area (Å²) < 4.78 is 24.5. The van der Waals surface area contributed by atoms with Gasteiger partial charge in [0.2, 0.25) is 4.80 Å². The zero-order chi connectivity index (χ0) is 12.5. The van der Waals surface area contributed by atoms with E-state index >= 15 is 0 Å². The Hall–Kier alpha value is -1.38. The summed E-state index contributed by atoms with van der Waals surface area (Å²) >= 11 is 1.40. The maximum atomic E-state index is 10.8. The Bertz CT molecular complexity index is 699. The lowest BCUT2D eigenvalue weighted by atomic mass is 10.3. The molecule has 0 atom stereocenters. The Balaban J connectivity index is 2.61. The number of hydrogen-bond donors (Lipinski definition) is 2. The highest BCUT2D eigenvalue weighted by Crippen LogP contribution is 2.16. The molecule has 1 aromatic carbocycles.